The van der Waals surface area contributed by atoms with Crippen LogP contribution in [0.3, 0.4) is 0 Å². The number of ether oxygens (including phenoxy) is 2. The van der Waals surface area contributed by atoms with Gasteiger partial charge in [0.1, 0.15) is 23.0 Å². The quantitative estimate of drug-likeness (QED) is 0.869. The summed E-state index contributed by atoms with van der Waals surface area (Å²) in [7, 11) is 1.54. The highest BCUT2D eigenvalue weighted by Crippen LogP contribution is 2.25. The minimum atomic E-state index is -0.851. The van der Waals surface area contributed by atoms with Gasteiger partial charge in [-0.3, -0.25) is 4.79 Å². The molecule has 0 bridgehead atoms. The number of aromatic nitrogens is 3. The van der Waals surface area contributed by atoms with Crippen LogP contribution in [0.2, 0.25) is 0 Å². The number of nitrogens with zero attached hydrogens (tertiary/aromatic N) is 4. The van der Waals surface area contributed by atoms with Crippen molar-refractivity contribution in [2.24, 2.45) is 0 Å². The van der Waals surface area contributed by atoms with Crippen molar-refractivity contribution in [3.8, 4) is 0 Å². The molecule has 1 N–H and O–H groups in total. The molecule has 0 saturated carbocycles. The highest BCUT2D eigenvalue weighted by molar-refractivity contribution is 7.13. The number of carbonyl (C=O) groups is 1. The molecule has 0 spiro atoms. The molecule has 8 nitrogen and oxygen atoms in total. The van der Waals surface area contributed by atoms with Gasteiger partial charge in [-0.1, -0.05) is 17.4 Å². The summed E-state index contributed by atoms with van der Waals surface area (Å²) >= 11 is 1.40. The van der Waals surface area contributed by atoms with Crippen molar-refractivity contribution in [1.82, 2.24) is 20.1 Å². The molecule has 1 aliphatic rings. The fraction of sp³-hybridized carbons (Fsp3) is 0.500. The first-order valence-corrected chi connectivity index (χ1v) is 8.84. The van der Waals surface area contributed by atoms with E-state index in [4.69, 9.17) is 9.47 Å². The van der Waals surface area contributed by atoms with Gasteiger partial charge in [0.25, 0.3) is 5.91 Å². The van der Waals surface area contributed by atoms with Crippen LogP contribution in [-0.4, -0.2) is 58.4 Å². The molecule has 1 fully saturated rings. The third-order valence-corrected chi connectivity index (χ3v) is 4.68. The van der Waals surface area contributed by atoms with E-state index in [2.05, 4.69) is 20.5 Å². The number of hydrogen-bond acceptors (Lipinski definition) is 8. The van der Waals surface area contributed by atoms with E-state index < -0.39 is 5.60 Å². The molecule has 0 unspecified atom stereocenters. The number of amides is 1. The van der Waals surface area contributed by atoms with Crippen LogP contribution in [0.15, 0.2) is 23.7 Å². The van der Waals surface area contributed by atoms with Gasteiger partial charge in [0.05, 0.1) is 18.8 Å². The lowest BCUT2D eigenvalue weighted by atomic mass is 10.1. The van der Waals surface area contributed by atoms with Crippen molar-refractivity contribution in [2.45, 2.75) is 25.6 Å². The molecule has 134 valence electrons. The second kappa shape index (κ2) is 7.42. The molecule has 2 aromatic heterocycles. The lowest BCUT2D eigenvalue weighted by Crippen LogP contribution is -2.51. The molecule has 3 heterocycles. The monoisotopic (exact) mass is 363 g/mol. The summed E-state index contributed by atoms with van der Waals surface area (Å²) in [6.45, 7) is 4.99. The van der Waals surface area contributed by atoms with Crippen LogP contribution < -0.4 is 5.32 Å². The Morgan fingerprint density at radius 3 is 3.04 bits per heavy atom. The third-order valence-electron chi connectivity index (χ3n) is 4.07. The maximum atomic E-state index is 12.6. The Balaban J connectivity index is 1.72. The number of nitrogens with one attached hydrogen (secondary N) is 1. The van der Waals surface area contributed by atoms with E-state index in [0.29, 0.717) is 30.6 Å². The lowest BCUT2D eigenvalue weighted by molar-refractivity contribution is -0.158. The topological polar surface area (TPSA) is 89.5 Å². The predicted octanol–water partition coefficient (Wildman–Crippen LogP) is 2.00. The van der Waals surface area contributed by atoms with Gasteiger partial charge in [0.15, 0.2) is 0 Å². The molecule has 0 aliphatic carbocycles. The molecule has 0 aromatic carbocycles. The van der Waals surface area contributed by atoms with E-state index >= 15 is 0 Å². The second-order valence-corrected chi connectivity index (χ2v) is 6.97. The predicted molar refractivity (Wildman–Crippen MR) is 93.8 cm³/mol. The number of morpholine rings is 1. The molecule has 1 aliphatic heterocycles. The summed E-state index contributed by atoms with van der Waals surface area (Å²) in [6, 6.07) is 5.64. The van der Waals surface area contributed by atoms with Crippen molar-refractivity contribution in [3.05, 3.63) is 29.4 Å². The van der Waals surface area contributed by atoms with Gasteiger partial charge in [-0.2, -0.15) is 0 Å². The number of pyridine rings is 1. The zero-order valence-electron chi connectivity index (χ0n) is 14.4. The minimum absolute atomic E-state index is 0.0496. The summed E-state index contributed by atoms with van der Waals surface area (Å²) in [6.07, 6.45) is -0.276. The van der Waals surface area contributed by atoms with Crippen LogP contribution in [0.1, 0.15) is 25.6 Å². The van der Waals surface area contributed by atoms with Crippen LogP contribution in [0.5, 0.6) is 0 Å². The summed E-state index contributed by atoms with van der Waals surface area (Å²) < 4.78 is 11.1. The van der Waals surface area contributed by atoms with E-state index in [1.807, 2.05) is 18.2 Å². The maximum Gasteiger partial charge on any atom is 0.254 e. The molecule has 25 heavy (non-hydrogen) atoms. The number of rotatable bonds is 5. The Hall–Kier alpha value is -2.10. The van der Waals surface area contributed by atoms with Gasteiger partial charge in [-0.15, -0.1) is 10.2 Å². The molecule has 1 atom stereocenters. The van der Waals surface area contributed by atoms with Gasteiger partial charge in [0, 0.05) is 13.7 Å². The van der Waals surface area contributed by atoms with E-state index in [-0.39, 0.29) is 12.0 Å². The molecule has 3 rings (SSSR count). The van der Waals surface area contributed by atoms with E-state index in [9.17, 15) is 4.79 Å². The third kappa shape index (κ3) is 4.12. The first-order chi connectivity index (χ1) is 12.0. The molecular weight excluding hydrogens is 342 g/mol. The van der Waals surface area contributed by atoms with Gasteiger partial charge >= 0.3 is 0 Å². The Morgan fingerprint density at radius 2 is 2.32 bits per heavy atom. The highest BCUT2D eigenvalue weighted by atomic mass is 32.1. The largest absolute Gasteiger partial charge is 0.369 e. The zero-order valence-corrected chi connectivity index (χ0v) is 15.2. The Morgan fingerprint density at radius 1 is 1.48 bits per heavy atom. The van der Waals surface area contributed by atoms with Crippen LogP contribution in [-0.2, 0) is 14.3 Å². The summed E-state index contributed by atoms with van der Waals surface area (Å²) in [5.74, 6) is 0.616. The smallest absolute Gasteiger partial charge is 0.254 e. The number of methoxy groups -OCH3 is 1. The SMILES string of the molecule is COC(C)(C)C(=O)N1CCO[C@H](c2cccc(Nc3nncs3)n2)C1. The normalized spacial score (nSPS) is 18.2. The van der Waals surface area contributed by atoms with Crippen LogP contribution in [0, 0.1) is 0 Å². The molecule has 1 saturated heterocycles. The van der Waals surface area contributed by atoms with Gasteiger partial charge in [-0.05, 0) is 26.0 Å². The fourth-order valence-corrected chi connectivity index (χ4v) is 2.97. The van der Waals surface area contributed by atoms with Crippen molar-refractivity contribution in [2.75, 3.05) is 32.1 Å². The van der Waals surface area contributed by atoms with Crippen molar-refractivity contribution in [1.29, 1.82) is 0 Å². The highest BCUT2D eigenvalue weighted by Gasteiger charge is 2.35. The van der Waals surface area contributed by atoms with Crippen LogP contribution >= 0.6 is 11.3 Å². The standard InChI is InChI=1S/C16H21N5O3S/c1-16(2,23-3)14(22)21-7-8-24-12(9-21)11-5-4-6-13(18-11)19-15-20-17-10-25-15/h4-6,10,12H,7-9H2,1-3H3,(H,18,19,20)/t12-/m0/s1. The van der Waals surface area contributed by atoms with Crippen molar-refractivity contribution >= 4 is 28.2 Å². The molecular formula is C16H21N5O3S. The number of hydrogen-bond donors (Lipinski definition) is 1. The molecule has 1 amide bonds. The average molecular weight is 363 g/mol. The zero-order chi connectivity index (χ0) is 17.9. The van der Waals surface area contributed by atoms with E-state index in [0.717, 1.165) is 5.69 Å². The summed E-state index contributed by atoms with van der Waals surface area (Å²) in [5, 5.41) is 11.5. The van der Waals surface area contributed by atoms with Gasteiger partial charge in [0.2, 0.25) is 5.13 Å². The summed E-state index contributed by atoms with van der Waals surface area (Å²) in [4.78, 5) is 19.0. The van der Waals surface area contributed by atoms with Crippen LogP contribution in [0.4, 0.5) is 10.9 Å². The van der Waals surface area contributed by atoms with Crippen LogP contribution in [0.25, 0.3) is 0 Å². The van der Waals surface area contributed by atoms with E-state index in [1.54, 1.807) is 31.4 Å². The first kappa shape index (κ1) is 17.7. The van der Waals surface area contributed by atoms with Crippen molar-refractivity contribution < 1.29 is 14.3 Å². The Kier molecular flexibility index (Phi) is 5.26. The lowest BCUT2D eigenvalue weighted by Gasteiger charge is -2.36. The fourth-order valence-electron chi connectivity index (χ4n) is 2.52. The van der Waals surface area contributed by atoms with Gasteiger partial charge in [-0.25, -0.2) is 4.98 Å². The average Bonchev–Trinajstić information content (AvgIpc) is 3.14. The molecule has 9 heteroatoms. The second-order valence-electron chi connectivity index (χ2n) is 6.14. The van der Waals surface area contributed by atoms with E-state index in [1.165, 1.54) is 11.3 Å². The number of carbonyl (C=O) groups excluding carboxylic acids is 1. The Labute approximate surface area is 150 Å². The molecule has 2 aromatic rings. The minimum Gasteiger partial charge on any atom is -0.369 e. The Bertz CT molecular complexity index is 722. The summed E-state index contributed by atoms with van der Waals surface area (Å²) in [5.41, 5.74) is 1.57. The first-order valence-electron chi connectivity index (χ1n) is 7.96. The molecule has 0 radical (unpaired) electrons. The van der Waals surface area contributed by atoms with Gasteiger partial charge < -0.3 is 19.7 Å². The van der Waals surface area contributed by atoms with Crippen molar-refractivity contribution in [3.63, 3.8) is 0 Å². The number of anilines is 2. The maximum absolute atomic E-state index is 12.6.